The van der Waals surface area contributed by atoms with E-state index < -0.39 is 0 Å². The molecule has 2 aromatic heterocycles. The second kappa shape index (κ2) is 5.50. The van der Waals surface area contributed by atoms with Crippen LogP contribution in [0.2, 0.25) is 0 Å². The fourth-order valence-corrected chi connectivity index (χ4v) is 1.77. The Balaban J connectivity index is 2.11. The molecule has 0 bridgehead atoms. The summed E-state index contributed by atoms with van der Waals surface area (Å²) in [6, 6.07) is 1.68. The van der Waals surface area contributed by atoms with Crippen molar-refractivity contribution in [1.29, 1.82) is 0 Å². The van der Waals surface area contributed by atoms with Crippen molar-refractivity contribution < 1.29 is 9.21 Å². The van der Waals surface area contributed by atoms with Gasteiger partial charge in [0.1, 0.15) is 17.8 Å². The molecule has 6 heteroatoms. The third-order valence-corrected chi connectivity index (χ3v) is 2.65. The van der Waals surface area contributed by atoms with E-state index in [9.17, 15) is 4.79 Å². The van der Waals surface area contributed by atoms with Crippen molar-refractivity contribution >= 4 is 5.91 Å². The Morgan fingerprint density at radius 3 is 3.17 bits per heavy atom. The Labute approximate surface area is 105 Å². The molecule has 2 heterocycles. The minimum atomic E-state index is -0.357. The zero-order chi connectivity index (χ0) is 13.0. The highest BCUT2D eigenvalue weighted by Crippen LogP contribution is 2.11. The van der Waals surface area contributed by atoms with Crippen LogP contribution in [0.4, 0.5) is 0 Å². The summed E-state index contributed by atoms with van der Waals surface area (Å²) in [5, 5.41) is 0. The lowest BCUT2D eigenvalue weighted by molar-refractivity contribution is 0.0953. The Morgan fingerprint density at radius 2 is 2.44 bits per heavy atom. The summed E-state index contributed by atoms with van der Waals surface area (Å²) in [5.41, 5.74) is 2.49. The Morgan fingerprint density at radius 1 is 1.61 bits per heavy atom. The highest BCUT2D eigenvalue weighted by Gasteiger charge is 2.10. The van der Waals surface area contributed by atoms with Gasteiger partial charge in [-0.15, -0.1) is 0 Å². The van der Waals surface area contributed by atoms with Crippen LogP contribution in [0.1, 0.15) is 35.3 Å². The van der Waals surface area contributed by atoms with E-state index in [4.69, 9.17) is 10.3 Å². The lowest BCUT2D eigenvalue weighted by atomic mass is 10.3. The van der Waals surface area contributed by atoms with Crippen molar-refractivity contribution in [1.82, 2.24) is 15.0 Å². The second-order valence-electron chi connectivity index (χ2n) is 4.00. The molecule has 2 aromatic rings. The maximum absolute atomic E-state index is 11.3. The van der Waals surface area contributed by atoms with Gasteiger partial charge < -0.3 is 8.98 Å². The summed E-state index contributed by atoms with van der Waals surface area (Å²) < 4.78 is 7.34. The normalized spacial score (nSPS) is 10.6. The van der Waals surface area contributed by atoms with Gasteiger partial charge in [-0.3, -0.25) is 10.2 Å². The second-order valence-corrected chi connectivity index (χ2v) is 4.00. The topological polar surface area (TPSA) is 86.1 Å². The molecule has 1 amide bonds. The van der Waals surface area contributed by atoms with Gasteiger partial charge in [0.25, 0.3) is 5.91 Å². The number of carbonyl (C=O) groups excluding carboxylic acids is 1. The molecule has 0 radical (unpaired) electrons. The van der Waals surface area contributed by atoms with E-state index in [1.54, 1.807) is 12.3 Å². The van der Waals surface area contributed by atoms with E-state index in [0.29, 0.717) is 17.9 Å². The van der Waals surface area contributed by atoms with Gasteiger partial charge in [-0.2, -0.15) is 0 Å². The first kappa shape index (κ1) is 12.4. The number of furan rings is 1. The molecular weight excluding hydrogens is 232 g/mol. The number of aryl methyl sites for hydroxylation is 1. The Hall–Kier alpha value is -2.08. The van der Waals surface area contributed by atoms with Gasteiger partial charge in [0.2, 0.25) is 0 Å². The number of hydrogen-bond donors (Lipinski definition) is 2. The fraction of sp³-hybridized carbons (Fsp3) is 0.333. The van der Waals surface area contributed by atoms with E-state index in [1.165, 1.54) is 6.26 Å². The van der Waals surface area contributed by atoms with Crippen LogP contribution in [0, 0.1) is 0 Å². The minimum Gasteiger partial charge on any atom is -0.467 e. The van der Waals surface area contributed by atoms with E-state index in [-0.39, 0.29) is 5.91 Å². The third kappa shape index (κ3) is 2.60. The number of nitrogen functional groups attached to an aromatic ring is 1. The number of carbonyl (C=O) groups is 1. The fourth-order valence-electron chi connectivity index (χ4n) is 1.77. The van der Waals surface area contributed by atoms with Gasteiger partial charge in [-0.1, -0.05) is 6.92 Å². The molecule has 2 rings (SSSR count). The number of imidazole rings is 1. The zero-order valence-electron chi connectivity index (χ0n) is 10.2. The summed E-state index contributed by atoms with van der Waals surface area (Å²) >= 11 is 0. The van der Waals surface area contributed by atoms with Crippen molar-refractivity contribution in [3.8, 4) is 0 Å². The quantitative estimate of drug-likeness (QED) is 0.471. The van der Waals surface area contributed by atoms with Gasteiger partial charge in [-0.25, -0.2) is 10.8 Å². The lowest BCUT2D eigenvalue weighted by Gasteiger charge is -2.04. The standard InChI is InChI=1S/C12H16N4O2/c1-2-3-11-14-4-5-16(11)7-10-6-9(8-18-10)12(17)15-13/h4-6,8H,2-3,7,13H2,1H3,(H,15,17). The van der Waals surface area contributed by atoms with Crippen LogP contribution in [0.5, 0.6) is 0 Å². The van der Waals surface area contributed by atoms with Crippen molar-refractivity contribution in [2.45, 2.75) is 26.3 Å². The molecule has 3 N–H and O–H groups in total. The summed E-state index contributed by atoms with van der Waals surface area (Å²) in [6.45, 7) is 2.67. The molecule has 0 unspecified atom stereocenters. The summed E-state index contributed by atoms with van der Waals surface area (Å²) in [5.74, 6) is 6.41. The van der Waals surface area contributed by atoms with Crippen LogP contribution in [0.3, 0.4) is 0 Å². The largest absolute Gasteiger partial charge is 0.467 e. The molecule has 0 saturated carbocycles. The molecule has 96 valence electrons. The van der Waals surface area contributed by atoms with Crippen molar-refractivity contribution in [2.75, 3.05) is 0 Å². The highest BCUT2D eigenvalue weighted by atomic mass is 16.3. The van der Waals surface area contributed by atoms with E-state index >= 15 is 0 Å². The monoisotopic (exact) mass is 248 g/mol. The van der Waals surface area contributed by atoms with E-state index in [1.807, 2.05) is 10.8 Å². The van der Waals surface area contributed by atoms with Crippen molar-refractivity contribution in [3.63, 3.8) is 0 Å². The van der Waals surface area contributed by atoms with Gasteiger partial charge in [0, 0.05) is 18.8 Å². The molecule has 18 heavy (non-hydrogen) atoms. The number of aromatic nitrogens is 2. The van der Waals surface area contributed by atoms with E-state index in [2.05, 4.69) is 17.3 Å². The molecule has 0 saturated heterocycles. The average molecular weight is 248 g/mol. The molecule has 0 aromatic carbocycles. The molecule has 0 aliphatic rings. The highest BCUT2D eigenvalue weighted by molar-refractivity contribution is 5.93. The summed E-state index contributed by atoms with van der Waals surface area (Å²) in [7, 11) is 0. The third-order valence-electron chi connectivity index (χ3n) is 2.65. The number of nitrogens with two attached hydrogens (primary N) is 1. The summed E-state index contributed by atoms with van der Waals surface area (Å²) in [6.07, 6.45) is 7.02. The van der Waals surface area contributed by atoms with Crippen molar-refractivity contribution in [3.05, 3.63) is 41.9 Å². The number of hydrogen-bond acceptors (Lipinski definition) is 4. The van der Waals surface area contributed by atoms with Crippen LogP contribution in [0.15, 0.2) is 29.1 Å². The first-order valence-electron chi connectivity index (χ1n) is 5.83. The molecule has 0 aliphatic heterocycles. The SMILES string of the molecule is CCCc1nccn1Cc1cc(C(=O)NN)co1. The number of hydrazine groups is 1. The van der Waals surface area contributed by atoms with Gasteiger partial charge in [0.15, 0.2) is 0 Å². The Bertz CT molecular complexity index is 530. The van der Waals surface area contributed by atoms with Crippen LogP contribution in [0.25, 0.3) is 0 Å². The molecular formula is C12H16N4O2. The summed E-state index contributed by atoms with van der Waals surface area (Å²) in [4.78, 5) is 15.6. The molecule has 0 atom stereocenters. The average Bonchev–Trinajstić information content (AvgIpc) is 3.00. The van der Waals surface area contributed by atoms with Gasteiger partial charge in [0.05, 0.1) is 12.1 Å². The number of nitrogens with one attached hydrogen (secondary N) is 1. The number of rotatable bonds is 5. The van der Waals surface area contributed by atoms with Crippen LogP contribution in [-0.2, 0) is 13.0 Å². The first-order chi connectivity index (χ1) is 8.74. The Kier molecular flexibility index (Phi) is 3.78. The number of amides is 1. The molecule has 6 nitrogen and oxygen atoms in total. The van der Waals surface area contributed by atoms with Gasteiger partial charge >= 0.3 is 0 Å². The zero-order valence-corrected chi connectivity index (χ0v) is 10.2. The van der Waals surface area contributed by atoms with Crippen LogP contribution in [-0.4, -0.2) is 15.5 Å². The van der Waals surface area contributed by atoms with Crippen LogP contribution >= 0.6 is 0 Å². The number of nitrogens with zero attached hydrogens (tertiary/aromatic N) is 2. The lowest BCUT2D eigenvalue weighted by Crippen LogP contribution is -2.29. The predicted octanol–water partition coefficient (Wildman–Crippen LogP) is 1.08. The first-order valence-corrected chi connectivity index (χ1v) is 5.83. The smallest absolute Gasteiger partial charge is 0.268 e. The molecule has 0 spiro atoms. The predicted molar refractivity (Wildman–Crippen MR) is 65.7 cm³/mol. The molecule has 0 aliphatic carbocycles. The maximum atomic E-state index is 11.3. The minimum absolute atomic E-state index is 0.357. The van der Waals surface area contributed by atoms with Crippen LogP contribution < -0.4 is 11.3 Å². The maximum Gasteiger partial charge on any atom is 0.268 e. The molecule has 0 fully saturated rings. The van der Waals surface area contributed by atoms with Gasteiger partial charge in [-0.05, 0) is 12.5 Å². The van der Waals surface area contributed by atoms with E-state index in [0.717, 1.165) is 18.7 Å². The van der Waals surface area contributed by atoms with Crippen molar-refractivity contribution in [2.24, 2.45) is 5.84 Å².